The lowest BCUT2D eigenvalue weighted by Crippen LogP contribution is -1.92. The summed E-state index contributed by atoms with van der Waals surface area (Å²) in [6.45, 7) is 4.07. The van der Waals surface area contributed by atoms with Gasteiger partial charge in [-0.3, -0.25) is 0 Å². The van der Waals surface area contributed by atoms with E-state index in [4.69, 9.17) is 4.74 Å². The van der Waals surface area contributed by atoms with Gasteiger partial charge < -0.3 is 9.84 Å². The van der Waals surface area contributed by atoms with E-state index in [2.05, 4.69) is 61.4 Å². The Balaban J connectivity index is 2.45. The van der Waals surface area contributed by atoms with E-state index in [1.165, 1.54) is 5.56 Å². The molecule has 0 fully saturated rings. The predicted octanol–water partition coefficient (Wildman–Crippen LogP) is 6.18. The molecule has 0 aliphatic rings. The average Bonchev–Trinajstić information content (AvgIpc) is 2.38. The van der Waals surface area contributed by atoms with Crippen LogP contribution in [0.4, 0.5) is 0 Å². The predicted molar refractivity (Wildman–Crippen MR) is 96.9 cm³/mol. The Bertz CT molecular complexity index is 634. The van der Waals surface area contributed by atoms with E-state index in [1.54, 1.807) is 0 Å². The second-order valence-electron chi connectivity index (χ2n) is 4.44. The van der Waals surface area contributed by atoms with Gasteiger partial charge in [-0.05, 0) is 103 Å². The normalized spacial score (nSPS) is 10.7. The molecule has 0 aliphatic heterocycles. The van der Waals surface area contributed by atoms with Gasteiger partial charge in [-0.15, -0.1) is 0 Å². The molecule has 0 aromatic heterocycles. The number of halogens is 3. The number of aryl methyl sites for hydroxylation is 2. The second kappa shape index (κ2) is 6.66. The van der Waals surface area contributed by atoms with Gasteiger partial charge in [0.05, 0.1) is 12.5 Å². The Labute approximate surface area is 148 Å². The Morgan fingerprint density at radius 2 is 1.75 bits per heavy atom. The third kappa shape index (κ3) is 3.49. The van der Waals surface area contributed by atoms with Crippen molar-refractivity contribution in [1.29, 1.82) is 0 Å². The first kappa shape index (κ1) is 16.1. The van der Waals surface area contributed by atoms with E-state index in [1.807, 2.05) is 31.2 Å². The van der Waals surface area contributed by atoms with Crippen LogP contribution in [-0.2, 0) is 6.42 Å². The molecule has 5 heteroatoms. The second-order valence-corrected chi connectivity index (χ2v) is 7.31. The molecular formula is C15H13Br2IO2. The maximum Gasteiger partial charge on any atom is 0.172 e. The lowest BCUT2D eigenvalue weighted by Gasteiger charge is -2.14. The minimum Gasteiger partial charge on any atom is -0.504 e. The van der Waals surface area contributed by atoms with Gasteiger partial charge in [0.2, 0.25) is 0 Å². The highest BCUT2D eigenvalue weighted by Crippen LogP contribution is 2.42. The zero-order chi connectivity index (χ0) is 14.9. The van der Waals surface area contributed by atoms with Gasteiger partial charge in [0.1, 0.15) is 0 Å². The lowest BCUT2D eigenvalue weighted by molar-refractivity contribution is 0.406. The number of benzene rings is 2. The molecule has 2 nitrogen and oxygen atoms in total. The van der Waals surface area contributed by atoms with Crippen LogP contribution >= 0.6 is 54.5 Å². The van der Waals surface area contributed by atoms with Gasteiger partial charge in [-0.25, -0.2) is 0 Å². The summed E-state index contributed by atoms with van der Waals surface area (Å²) in [5.41, 5.74) is 2.25. The van der Waals surface area contributed by atoms with Crippen molar-refractivity contribution in [2.45, 2.75) is 20.3 Å². The van der Waals surface area contributed by atoms with E-state index in [9.17, 15) is 5.11 Å². The molecule has 2 aromatic rings. The first-order chi connectivity index (χ1) is 9.42. The van der Waals surface area contributed by atoms with Crippen LogP contribution in [-0.4, -0.2) is 5.11 Å². The highest BCUT2D eigenvalue weighted by Gasteiger charge is 2.14. The number of phenolic OH excluding ortho intramolecular Hbond substituents is 1. The van der Waals surface area contributed by atoms with Crippen molar-refractivity contribution < 1.29 is 9.84 Å². The van der Waals surface area contributed by atoms with Crippen LogP contribution in [0, 0.1) is 10.5 Å². The van der Waals surface area contributed by atoms with Crippen LogP contribution in [0.1, 0.15) is 18.1 Å². The molecule has 0 amide bonds. The van der Waals surface area contributed by atoms with E-state index in [-0.39, 0.29) is 5.75 Å². The van der Waals surface area contributed by atoms with Crippen molar-refractivity contribution in [3.63, 3.8) is 0 Å². The van der Waals surface area contributed by atoms with Crippen LogP contribution in [0.25, 0.3) is 0 Å². The van der Waals surface area contributed by atoms with E-state index >= 15 is 0 Å². The van der Waals surface area contributed by atoms with Gasteiger partial charge in [-0.1, -0.05) is 6.92 Å². The largest absolute Gasteiger partial charge is 0.504 e. The fourth-order valence-corrected chi connectivity index (χ4v) is 4.00. The Morgan fingerprint density at radius 1 is 1.15 bits per heavy atom. The van der Waals surface area contributed by atoms with Gasteiger partial charge >= 0.3 is 0 Å². The smallest absolute Gasteiger partial charge is 0.172 e. The van der Waals surface area contributed by atoms with Crippen molar-refractivity contribution in [1.82, 2.24) is 0 Å². The number of aromatic hydroxyl groups is 1. The number of phenols is 1. The first-order valence-corrected chi connectivity index (χ1v) is 8.73. The molecule has 0 unspecified atom stereocenters. The van der Waals surface area contributed by atoms with Crippen molar-refractivity contribution >= 4 is 54.5 Å². The summed E-state index contributed by atoms with van der Waals surface area (Å²) in [6, 6.07) is 7.78. The van der Waals surface area contributed by atoms with Crippen LogP contribution in [0.5, 0.6) is 17.2 Å². The molecule has 0 aliphatic carbocycles. The maximum atomic E-state index is 10.1. The van der Waals surface area contributed by atoms with E-state index < -0.39 is 0 Å². The number of hydrogen-bond acceptors (Lipinski definition) is 2. The molecule has 0 radical (unpaired) electrons. The van der Waals surface area contributed by atoms with E-state index in [0.717, 1.165) is 24.5 Å². The molecule has 0 saturated heterocycles. The quantitative estimate of drug-likeness (QED) is 0.498. The molecule has 0 heterocycles. The molecule has 0 atom stereocenters. The monoisotopic (exact) mass is 510 g/mol. The zero-order valence-electron chi connectivity index (χ0n) is 11.0. The Hall–Kier alpha value is -0.270. The summed E-state index contributed by atoms with van der Waals surface area (Å²) in [5.74, 6) is 1.29. The lowest BCUT2D eigenvalue weighted by atomic mass is 10.2. The highest BCUT2D eigenvalue weighted by molar-refractivity contribution is 14.1. The molecular weight excluding hydrogens is 499 g/mol. The Morgan fingerprint density at radius 3 is 2.30 bits per heavy atom. The van der Waals surface area contributed by atoms with Gasteiger partial charge in [-0.2, -0.15) is 0 Å². The molecule has 2 aromatic carbocycles. The van der Waals surface area contributed by atoms with Crippen molar-refractivity contribution in [3.05, 3.63) is 47.9 Å². The first-order valence-electron chi connectivity index (χ1n) is 6.07. The van der Waals surface area contributed by atoms with Crippen LogP contribution < -0.4 is 4.74 Å². The molecule has 0 spiro atoms. The van der Waals surface area contributed by atoms with Crippen LogP contribution in [0.15, 0.2) is 33.2 Å². The average molecular weight is 512 g/mol. The molecule has 0 bridgehead atoms. The van der Waals surface area contributed by atoms with Crippen molar-refractivity contribution in [3.8, 4) is 17.2 Å². The highest BCUT2D eigenvalue weighted by atomic mass is 127. The summed E-state index contributed by atoms with van der Waals surface area (Å²) in [4.78, 5) is 0. The summed E-state index contributed by atoms with van der Waals surface area (Å²) in [5, 5.41) is 10.1. The minimum absolute atomic E-state index is 0.162. The number of rotatable bonds is 3. The van der Waals surface area contributed by atoms with Gasteiger partial charge in [0.15, 0.2) is 17.2 Å². The van der Waals surface area contributed by atoms with Crippen molar-refractivity contribution in [2.75, 3.05) is 0 Å². The minimum atomic E-state index is 0.162. The maximum absolute atomic E-state index is 10.1. The molecule has 106 valence electrons. The SMILES string of the molecule is CCc1cc(Br)c(Oc2cc(C)cc(I)c2O)c(Br)c1. The zero-order valence-corrected chi connectivity index (χ0v) is 16.3. The molecule has 0 saturated carbocycles. The Kier molecular flexibility index (Phi) is 5.36. The summed E-state index contributed by atoms with van der Waals surface area (Å²) >= 11 is 9.13. The van der Waals surface area contributed by atoms with Crippen molar-refractivity contribution in [2.24, 2.45) is 0 Å². The summed E-state index contributed by atoms with van der Waals surface area (Å²) in [6.07, 6.45) is 0.949. The van der Waals surface area contributed by atoms with Crippen LogP contribution in [0.2, 0.25) is 0 Å². The molecule has 20 heavy (non-hydrogen) atoms. The third-order valence-corrected chi connectivity index (χ3v) is 4.85. The standard InChI is InChI=1S/C15H13Br2IO2/c1-3-9-6-10(16)15(11(17)7-9)20-13-5-8(2)4-12(18)14(13)19/h4-7,19H,3H2,1-2H3. The topological polar surface area (TPSA) is 29.5 Å². The van der Waals surface area contributed by atoms with Gasteiger partial charge in [0.25, 0.3) is 0 Å². The fraction of sp³-hybridized carbons (Fsp3) is 0.200. The van der Waals surface area contributed by atoms with Crippen LogP contribution in [0.3, 0.4) is 0 Å². The van der Waals surface area contributed by atoms with Gasteiger partial charge in [0, 0.05) is 0 Å². The third-order valence-electron chi connectivity index (χ3n) is 2.85. The number of ether oxygens (including phenoxy) is 1. The van der Waals surface area contributed by atoms with E-state index in [0.29, 0.717) is 11.5 Å². The number of hydrogen-bond donors (Lipinski definition) is 1. The summed E-state index contributed by atoms with van der Waals surface area (Å²) in [7, 11) is 0. The summed E-state index contributed by atoms with van der Waals surface area (Å²) < 4.78 is 8.38. The molecule has 2 rings (SSSR count). The fourth-order valence-electron chi connectivity index (χ4n) is 1.80. The molecule has 1 N–H and O–H groups in total.